The molecule has 0 saturated carbocycles. The lowest BCUT2D eigenvalue weighted by atomic mass is 10.0. The molecule has 1 amide bonds. The van der Waals surface area contributed by atoms with Crippen LogP contribution in [-0.4, -0.2) is 60.5 Å². The number of ether oxygens (including phenoxy) is 1. The van der Waals surface area contributed by atoms with Gasteiger partial charge < -0.3 is 14.5 Å². The average Bonchev–Trinajstić information content (AvgIpc) is 3.52. The van der Waals surface area contributed by atoms with Gasteiger partial charge in [0.2, 0.25) is 0 Å². The Bertz CT molecular complexity index is 1370. The summed E-state index contributed by atoms with van der Waals surface area (Å²) >= 11 is 1.65. The second-order valence-corrected chi connectivity index (χ2v) is 10.7. The normalized spacial score (nSPS) is 14.5. The third kappa shape index (κ3) is 6.46. The fourth-order valence-corrected chi connectivity index (χ4v) is 5.58. The molecule has 0 N–H and O–H groups in total. The van der Waals surface area contributed by atoms with Gasteiger partial charge in [0.15, 0.2) is 6.61 Å². The van der Waals surface area contributed by atoms with E-state index in [0.29, 0.717) is 44.2 Å². The van der Waals surface area contributed by atoms with Gasteiger partial charge in [0, 0.05) is 49.9 Å². The van der Waals surface area contributed by atoms with E-state index in [1.54, 1.807) is 28.4 Å². The van der Waals surface area contributed by atoms with Crippen LogP contribution in [0.3, 0.4) is 0 Å². The minimum absolute atomic E-state index is 0.0386. The number of halogens is 1. The van der Waals surface area contributed by atoms with Gasteiger partial charge in [-0.1, -0.05) is 48.5 Å². The van der Waals surface area contributed by atoms with E-state index in [-0.39, 0.29) is 24.4 Å². The van der Waals surface area contributed by atoms with Crippen molar-refractivity contribution in [1.29, 1.82) is 0 Å². The molecule has 0 spiro atoms. The summed E-state index contributed by atoms with van der Waals surface area (Å²) in [6.07, 6.45) is 1.83. The van der Waals surface area contributed by atoms with E-state index in [4.69, 9.17) is 4.74 Å². The van der Waals surface area contributed by atoms with E-state index >= 15 is 0 Å². The van der Waals surface area contributed by atoms with Crippen LogP contribution in [0.1, 0.15) is 23.5 Å². The highest BCUT2D eigenvalue weighted by molar-refractivity contribution is 7.09. The number of para-hydroxylation sites is 1. The van der Waals surface area contributed by atoms with Crippen LogP contribution in [0.5, 0.6) is 5.75 Å². The number of carbonyl (C=O) groups excluding carboxylic acids is 1. The van der Waals surface area contributed by atoms with E-state index in [1.807, 2.05) is 52.9 Å². The molecule has 5 rings (SSSR count). The molecule has 1 aliphatic heterocycles. The number of piperazine rings is 1. The van der Waals surface area contributed by atoms with Crippen molar-refractivity contribution >= 4 is 22.9 Å². The van der Waals surface area contributed by atoms with Crippen LogP contribution in [0.15, 0.2) is 84.4 Å². The highest BCUT2D eigenvalue weighted by Crippen LogP contribution is 2.30. The van der Waals surface area contributed by atoms with Gasteiger partial charge in [-0.2, -0.15) is 0 Å². The van der Waals surface area contributed by atoms with Crippen molar-refractivity contribution in [2.45, 2.75) is 19.5 Å². The lowest BCUT2D eigenvalue weighted by Crippen LogP contribution is -2.50. The molecule has 0 unspecified atom stereocenters. The van der Waals surface area contributed by atoms with Gasteiger partial charge in [-0.25, -0.2) is 9.37 Å². The molecule has 4 aromatic rings. The van der Waals surface area contributed by atoms with Gasteiger partial charge >= 0.3 is 0 Å². The first-order valence-corrected chi connectivity index (χ1v) is 14.1. The maximum atomic E-state index is 14.2. The topological polar surface area (TPSA) is 48.9 Å². The summed E-state index contributed by atoms with van der Waals surface area (Å²) in [6, 6.07) is 23.3. The van der Waals surface area contributed by atoms with Crippen molar-refractivity contribution in [3.05, 3.63) is 101 Å². The van der Waals surface area contributed by atoms with Gasteiger partial charge in [0.05, 0.1) is 11.7 Å². The molecule has 0 radical (unpaired) electrons. The lowest BCUT2D eigenvalue weighted by Gasteiger charge is -2.36. The summed E-state index contributed by atoms with van der Waals surface area (Å²) in [7, 11) is 2.07. The summed E-state index contributed by atoms with van der Waals surface area (Å²) in [5, 5.41) is 3.05. The first kappa shape index (κ1) is 26.8. The van der Waals surface area contributed by atoms with Gasteiger partial charge in [-0.3, -0.25) is 9.69 Å². The highest BCUT2D eigenvalue weighted by atomic mass is 32.1. The first-order valence-electron chi connectivity index (χ1n) is 13.2. The SMILES string of the molecule is C[C@H](c1nccs1)N(C)Cc1cc(-c2ccccc2)ccc1OCC(=O)N1CCN(c2ccccc2F)CC1. The Hall–Kier alpha value is -3.75. The van der Waals surface area contributed by atoms with Gasteiger partial charge in [-0.05, 0) is 49.4 Å². The molecule has 1 aromatic heterocycles. The third-order valence-electron chi connectivity index (χ3n) is 7.23. The van der Waals surface area contributed by atoms with Crippen LogP contribution in [0.25, 0.3) is 11.1 Å². The van der Waals surface area contributed by atoms with Crippen molar-refractivity contribution in [2.75, 3.05) is 44.7 Å². The van der Waals surface area contributed by atoms with Crippen LogP contribution in [0.4, 0.5) is 10.1 Å². The smallest absolute Gasteiger partial charge is 0.260 e. The predicted molar refractivity (Wildman–Crippen MR) is 155 cm³/mol. The third-order valence-corrected chi connectivity index (χ3v) is 8.18. The highest BCUT2D eigenvalue weighted by Gasteiger charge is 2.24. The number of rotatable bonds is 9. The zero-order valence-electron chi connectivity index (χ0n) is 22.3. The predicted octanol–water partition coefficient (Wildman–Crippen LogP) is 5.87. The van der Waals surface area contributed by atoms with E-state index in [2.05, 4.69) is 42.1 Å². The number of carbonyl (C=O) groups is 1. The molecule has 0 bridgehead atoms. The van der Waals surface area contributed by atoms with Crippen molar-refractivity contribution < 1.29 is 13.9 Å². The Morgan fingerprint density at radius 1 is 1.03 bits per heavy atom. The zero-order valence-corrected chi connectivity index (χ0v) is 23.1. The maximum Gasteiger partial charge on any atom is 0.260 e. The molecular weight excluding hydrogens is 511 g/mol. The van der Waals surface area contributed by atoms with Crippen LogP contribution < -0.4 is 9.64 Å². The quantitative estimate of drug-likeness (QED) is 0.264. The van der Waals surface area contributed by atoms with Crippen molar-refractivity contribution in [3.8, 4) is 16.9 Å². The second kappa shape index (κ2) is 12.4. The van der Waals surface area contributed by atoms with E-state index in [9.17, 15) is 9.18 Å². The fourth-order valence-electron chi connectivity index (χ4n) is 4.82. The summed E-state index contributed by atoms with van der Waals surface area (Å²) in [4.78, 5) is 23.6. The van der Waals surface area contributed by atoms with Crippen LogP contribution in [-0.2, 0) is 11.3 Å². The van der Waals surface area contributed by atoms with Crippen molar-refractivity contribution in [1.82, 2.24) is 14.8 Å². The molecule has 1 aliphatic rings. The monoisotopic (exact) mass is 544 g/mol. The second-order valence-electron chi connectivity index (χ2n) is 9.76. The van der Waals surface area contributed by atoms with Gasteiger partial charge in [-0.15, -0.1) is 11.3 Å². The minimum atomic E-state index is -0.235. The fraction of sp³-hybridized carbons (Fsp3) is 0.290. The Morgan fingerprint density at radius 3 is 2.49 bits per heavy atom. The Morgan fingerprint density at radius 2 is 1.77 bits per heavy atom. The van der Waals surface area contributed by atoms with Gasteiger partial charge in [0.1, 0.15) is 16.6 Å². The standard InChI is InChI=1S/C31H33FN4O2S/c1-23(31-33-14-19-39-31)34(2)21-26-20-25(24-8-4-3-5-9-24)12-13-29(26)38-22-30(37)36-17-15-35(16-18-36)28-11-7-6-10-27(28)32/h3-14,19-20,23H,15-18,21-22H2,1-2H3/t23-/m1/s1. The van der Waals surface area contributed by atoms with Crippen molar-refractivity contribution in [2.24, 2.45) is 0 Å². The van der Waals surface area contributed by atoms with E-state index < -0.39 is 0 Å². The minimum Gasteiger partial charge on any atom is -0.483 e. The van der Waals surface area contributed by atoms with Crippen molar-refractivity contribution in [3.63, 3.8) is 0 Å². The number of benzene rings is 3. The molecule has 39 heavy (non-hydrogen) atoms. The zero-order chi connectivity index (χ0) is 27.2. The molecule has 8 heteroatoms. The summed E-state index contributed by atoms with van der Waals surface area (Å²) in [5.41, 5.74) is 3.83. The molecule has 6 nitrogen and oxygen atoms in total. The maximum absolute atomic E-state index is 14.2. The number of anilines is 1. The largest absolute Gasteiger partial charge is 0.483 e. The number of aromatic nitrogens is 1. The van der Waals surface area contributed by atoms with Crippen LogP contribution in [0, 0.1) is 5.82 Å². The Labute approximate surface area is 233 Å². The Kier molecular flexibility index (Phi) is 8.54. The summed E-state index contributed by atoms with van der Waals surface area (Å²) in [5.74, 6) is 0.401. The summed E-state index contributed by atoms with van der Waals surface area (Å²) in [6.45, 7) is 4.99. The number of hydrogen-bond donors (Lipinski definition) is 0. The first-order chi connectivity index (χ1) is 19.0. The molecule has 2 heterocycles. The van der Waals surface area contributed by atoms with E-state index in [1.165, 1.54) is 6.07 Å². The number of thiazole rings is 1. The number of nitrogens with zero attached hydrogens (tertiary/aromatic N) is 4. The van der Waals surface area contributed by atoms with Crippen LogP contribution in [0.2, 0.25) is 0 Å². The molecule has 202 valence electrons. The molecular formula is C31H33FN4O2S. The molecule has 1 fully saturated rings. The Balaban J connectivity index is 1.26. The number of hydrogen-bond acceptors (Lipinski definition) is 6. The average molecular weight is 545 g/mol. The van der Waals surface area contributed by atoms with Gasteiger partial charge in [0.25, 0.3) is 5.91 Å². The van der Waals surface area contributed by atoms with E-state index in [0.717, 1.165) is 21.7 Å². The molecule has 1 saturated heterocycles. The summed E-state index contributed by atoms with van der Waals surface area (Å²) < 4.78 is 20.3. The number of amides is 1. The lowest BCUT2D eigenvalue weighted by molar-refractivity contribution is -0.133. The van der Waals surface area contributed by atoms with Crippen LogP contribution >= 0.6 is 11.3 Å². The molecule has 3 aromatic carbocycles. The molecule has 0 aliphatic carbocycles. The molecule has 1 atom stereocenters.